The molecular formula is C22H27ClN4O. The van der Waals surface area contributed by atoms with Gasteiger partial charge in [-0.15, -0.1) is 0 Å². The third-order valence-corrected chi connectivity index (χ3v) is 5.92. The Morgan fingerprint density at radius 1 is 1.14 bits per heavy atom. The predicted molar refractivity (Wildman–Crippen MR) is 115 cm³/mol. The molecule has 148 valence electrons. The van der Waals surface area contributed by atoms with E-state index in [1.165, 1.54) is 12.8 Å². The summed E-state index contributed by atoms with van der Waals surface area (Å²) < 4.78 is 7.76. The number of nitrogens with zero attached hydrogens (tertiary/aromatic N) is 4. The highest BCUT2D eigenvalue weighted by molar-refractivity contribution is 6.35. The maximum atomic E-state index is 6.41. The standard InChI is InChI=1S/C22H27ClN4O/c1-4-28-13-12-26-19-7-5-6-18(23)21(19)25-22(26)17-10-11-20(24-14-17)27-15(2)8-9-16(27)3/h5-7,10-11,14-16H,4,8-9,12-13H2,1-3H3/t15-,16?/m0/s1. The van der Waals surface area contributed by atoms with Crippen LogP contribution in [0, 0.1) is 0 Å². The molecule has 5 nitrogen and oxygen atoms in total. The van der Waals surface area contributed by atoms with Crippen molar-refractivity contribution in [3.63, 3.8) is 0 Å². The molecule has 2 aromatic heterocycles. The maximum absolute atomic E-state index is 6.41. The molecule has 0 saturated carbocycles. The van der Waals surface area contributed by atoms with E-state index in [9.17, 15) is 0 Å². The zero-order valence-corrected chi connectivity index (χ0v) is 17.5. The highest BCUT2D eigenvalue weighted by Crippen LogP contribution is 2.32. The number of ether oxygens (including phenoxy) is 1. The van der Waals surface area contributed by atoms with Crippen molar-refractivity contribution in [3.8, 4) is 11.4 Å². The van der Waals surface area contributed by atoms with Crippen molar-refractivity contribution in [1.29, 1.82) is 0 Å². The van der Waals surface area contributed by atoms with Crippen molar-refractivity contribution in [1.82, 2.24) is 14.5 Å². The number of pyridine rings is 1. The first-order valence-electron chi connectivity index (χ1n) is 10.1. The monoisotopic (exact) mass is 398 g/mol. The van der Waals surface area contributed by atoms with Crippen LogP contribution in [-0.2, 0) is 11.3 Å². The van der Waals surface area contributed by atoms with Crippen LogP contribution < -0.4 is 4.90 Å². The van der Waals surface area contributed by atoms with Gasteiger partial charge in [0.15, 0.2) is 0 Å². The summed E-state index contributed by atoms with van der Waals surface area (Å²) in [6.45, 7) is 8.61. The van der Waals surface area contributed by atoms with E-state index in [4.69, 9.17) is 26.3 Å². The van der Waals surface area contributed by atoms with Gasteiger partial charge in [-0.3, -0.25) is 0 Å². The molecule has 1 saturated heterocycles. The Hall–Kier alpha value is -2.11. The van der Waals surface area contributed by atoms with E-state index in [1.807, 2.05) is 25.3 Å². The fraction of sp³-hybridized carbons (Fsp3) is 0.455. The molecule has 0 spiro atoms. The molecule has 1 aromatic carbocycles. The first kappa shape index (κ1) is 19.2. The molecule has 6 heteroatoms. The predicted octanol–water partition coefficient (Wildman–Crippen LogP) is 5.17. The lowest BCUT2D eigenvalue weighted by atomic mass is 10.2. The third kappa shape index (κ3) is 3.49. The fourth-order valence-corrected chi connectivity index (χ4v) is 4.39. The number of rotatable bonds is 6. The minimum atomic E-state index is 0.530. The fourth-order valence-electron chi connectivity index (χ4n) is 4.18. The van der Waals surface area contributed by atoms with Crippen LogP contribution in [0.15, 0.2) is 36.5 Å². The van der Waals surface area contributed by atoms with Crippen LogP contribution in [0.3, 0.4) is 0 Å². The van der Waals surface area contributed by atoms with Crippen molar-refractivity contribution in [2.45, 2.75) is 52.2 Å². The van der Waals surface area contributed by atoms with Gasteiger partial charge in [-0.2, -0.15) is 0 Å². The summed E-state index contributed by atoms with van der Waals surface area (Å²) in [5, 5.41) is 0.665. The second kappa shape index (κ2) is 8.10. The topological polar surface area (TPSA) is 43.2 Å². The number of anilines is 1. The highest BCUT2D eigenvalue weighted by Gasteiger charge is 2.28. The van der Waals surface area contributed by atoms with Gasteiger partial charge in [-0.25, -0.2) is 9.97 Å². The molecule has 0 N–H and O–H groups in total. The first-order valence-corrected chi connectivity index (χ1v) is 10.4. The third-order valence-electron chi connectivity index (χ3n) is 5.62. The lowest BCUT2D eigenvalue weighted by Gasteiger charge is -2.27. The van der Waals surface area contributed by atoms with Crippen molar-refractivity contribution < 1.29 is 4.74 Å². The summed E-state index contributed by atoms with van der Waals surface area (Å²) >= 11 is 6.41. The number of para-hydroxylation sites is 1. The highest BCUT2D eigenvalue weighted by atomic mass is 35.5. The summed E-state index contributed by atoms with van der Waals surface area (Å²) in [5.74, 6) is 1.92. The Bertz CT molecular complexity index is 943. The normalized spacial score (nSPS) is 19.6. The van der Waals surface area contributed by atoms with E-state index in [0.717, 1.165) is 34.8 Å². The molecule has 3 heterocycles. The van der Waals surface area contributed by atoms with E-state index in [-0.39, 0.29) is 0 Å². The number of imidazole rings is 1. The molecule has 0 aliphatic carbocycles. The first-order chi connectivity index (χ1) is 13.6. The average molecular weight is 399 g/mol. The van der Waals surface area contributed by atoms with Crippen LogP contribution in [0.1, 0.15) is 33.6 Å². The van der Waals surface area contributed by atoms with E-state index in [1.54, 1.807) is 0 Å². The molecule has 4 rings (SSSR count). The van der Waals surface area contributed by atoms with Crippen LogP contribution in [0.25, 0.3) is 22.4 Å². The van der Waals surface area contributed by atoms with Gasteiger partial charge in [0.1, 0.15) is 17.2 Å². The summed E-state index contributed by atoms with van der Waals surface area (Å²) in [4.78, 5) is 12.0. The Kier molecular flexibility index (Phi) is 5.56. The van der Waals surface area contributed by atoms with Crippen LogP contribution in [0.4, 0.5) is 5.82 Å². The molecule has 1 unspecified atom stereocenters. The average Bonchev–Trinajstić information content (AvgIpc) is 3.23. The molecular weight excluding hydrogens is 372 g/mol. The summed E-state index contributed by atoms with van der Waals surface area (Å²) in [7, 11) is 0. The summed E-state index contributed by atoms with van der Waals surface area (Å²) in [5.41, 5.74) is 2.83. The molecule has 1 fully saturated rings. The van der Waals surface area contributed by atoms with Crippen LogP contribution in [0.5, 0.6) is 0 Å². The number of hydrogen-bond acceptors (Lipinski definition) is 4. The van der Waals surface area contributed by atoms with Gasteiger partial charge in [0.05, 0.1) is 17.1 Å². The quantitative estimate of drug-likeness (QED) is 0.537. The van der Waals surface area contributed by atoms with Crippen molar-refractivity contribution in [3.05, 3.63) is 41.6 Å². The number of hydrogen-bond donors (Lipinski definition) is 0. The van der Waals surface area contributed by atoms with Gasteiger partial charge >= 0.3 is 0 Å². The Balaban J connectivity index is 1.71. The maximum Gasteiger partial charge on any atom is 0.142 e. The Morgan fingerprint density at radius 3 is 2.61 bits per heavy atom. The number of fused-ring (bicyclic) bond motifs is 1. The molecule has 28 heavy (non-hydrogen) atoms. The lowest BCUT2D eigenvalue weighted by Crippen LogP contribution is -2.33. The van der Waals surface area contributed by atoms with Gasteiger partial charge in [0, 0.05) is 37.0 Å². The van der Waals surface area contributed by atoms with E-state index < -0.39 is 0 Å². The van der Waals surface area contributed by atoms with Gasteiger partial charge in [-0.1, -0.05) is 17.7 Å². The minimum absolute atomic E-state index is 0.530. The molecule has 0 radical (unpaired) electrons. The smallest absolute Gasteiger partial charge is 0.142 e. The lowest BCUT2D eigenvalue weighted by molar-refractivity contribution is 0.140. The molecule has 3 aromatic rings. The summed E-state index contributed by atoms with van der Waals surface area (Å²) in [6, 6.07) is 11.2. The second-order valence-corrected chi connectivity index (χ2v) is 7.89. The molecule has 2 atom stereocenters. The zero-order chi connectivity index (χ0) is 19.7. The molecule has 1 aliphatic rings. The Morgan fingerprint density at radius 2 is 1.93 bits per heavy atom. The van der Waals surface area contributed by atoms with Crippen molar-refractivity contribution in [2.24, 2.45) is 0 Å². The molecule has 1 aliphatic heterocycles. The van der Waals surface area contributed by atoms with E-state index in [2.05, 4.69) is 41.5 Å². The number of halogens is 1. The van der Waals surface area contributed by atoms with Gasteiger partial charge in [0.2, 0.25) is 0 Å². The number of aromatic nitrogens is 3. The largest absolute Gasteiger partial charge is 0.380 e. The Labute approximate surface area is 171 Å². The number of benzene rings is 1. The van der Waals surface area contributed by atoms with Crippen molar-refractivity contribution in [2.75, 3.05) is 18.1 Å². The molecule has 0 amide bonds. The van der Waals surface area contributed by atoms with Crippen LogP contribution >= 0.6 is 11.6 Å². The van der Waals surface area contributed by atoms with E-state index in [0.29, 0.717) is 30.3 Å². The second-order valence-electron chi connectivity index (χ2n) is 7.48. The zero-order valence-electron chi connectivity index (χ0n) is 16.7. The van der Waals surface area contributed by atoms with Crippen LogP contribution in [0.2, 0.25) is 5.02 Å². The molecule has 0 bridgehead atoms. The van der Waals surface area contributed by atoms with Gasteiger partial charge in [0.25, 0.3) is 0 Å². The summed E-state index contributed by atoms with van der Waals surface area (Å²) in [6.07, 6.45) is 4.37. The van der Waals surface area contributed by atoms with Gasteiger partial charge < -0.3 is 14.2 Å². The van der Waals surface area contributed by atoms with Crippen LogP contribution in [-0.4, -0.2) is 39.8 Å². The van der Waals surface area contributed by atoms with Crippen molar-refractivity contribution >= 4 is 28.5 Å². The van der Waals surface area contributed by atoms with Gasteiger partial charge in [-0.05, 0) is 57.9 Å². The minimum Gasteiger partial charge on any atom is -0.380 e. The van der Waals surface area contributed by atoms with E-state index >= 15 is 0 Å². The SMILES string of the molecule is CCOCCn1c(-c2ccc(N3C(C)CC[C@@H]3C)nc2)nc2c(Cl)cccc21.